The predicted octanol–water partition coefficient (Wildman–Crippen LogP) is 5.88. The van der Waals surface area contributed by atoms with Gasteiger partial charge in [-0.3, -0.25) is 24.1 Å². The van der Waals surface area contributed by atoms with Crippen LogP contribution in [0.3, 0.4) is 0 Å². The van der Waals surface area contributed by atoms with Crippen molar-refractivity contribution in [1.82, 2.24) is 9.78 Å². The molecule has 1 aliphatic heterocycles. The normalized spacial score (nSPS) is 14.7. The van der Waals surface area contributed by atoms with E-state index in [1.54, 1.807) is 72.3 Å². The molecule has 5 rings (SSSR count). The van der Waals surface area contributed by atoms with Crippen LogP contribution in [0.2, 0.25) is 0 Å². The number of carbonyl (C=O) groups is 3. The highest BCUT2D eigenvalue weighted by Crippen LogP contribution is 2.34. The third kappa shape index (κ3) is 5.65. The number of benzene rings is 3. The van der Waals surface area contributed by atoms with Crippen LogP contribution in [0.4, 0.5) is 17.1 Å². The number of anilines is 2. The summed E-state index contributed by atoms with van der Waals surface area (Å²) in [4.78, 5) is 43.5. The Hall–Kier alpha value is -5.05. The second kappa shape index (κ2) is 10.5. The van der Waals surface area contributed by atoms with Gasteiger partial charge in [0, 0.05) is 34.8 Å². The average molecular weight is 550 g/mol. The van der Waals surface area contributed by atoms with E-state index in [4.69, 9.17) is 0 Å². The Labute approximate surface area is 237 Å². The van der Waals surface area contributed by atoms with Crippen LogP contribution < -0.4 is 10.6 Å². The molecule has 208 valence electrons. The first-order chi connectivity index (χ1) is 19.4. The Morgan fingerprint density at radius 1 is 1.02 bits per heavy atom. The Balaban J connectivity index is 1.34. The maximum atomic E-state index is 13.4. The van der Waals surface area contributed by atoms with Crippen molar-refractivity contribution in [1.29, 1.82) is 0 Å². The molecule has 3 aromatic carbocycles. The quantitative estimate of drug-likeness (QED) is 0.205. The first-order valence-electron chi connectivity index (χ1n) is 13.2. The van der Waals surface area contributed by atoms with Crippen molar-refractivity contribution in [3.63, 3.8) is 0 Å². The second-order valence-corrected chi connectivity index (χ2v) is 11.1. The third-order valence-electron chi connectivity index (χ3n) is 6.84. The number of phenols is 1. The Kier molecular flexibility index (Phi) is 7.04. The van der Waals surface area contributed by atoms with Gasteiger partial charge in [0.2, 0.25) is 5.91 Å². The first-order valence-corrected chi connectivity index (χ1v) is 13.2. The molecular formula is C32H31N5O4. The molecule has 0 saturated carbocycles. The Morgan fingerprint density at radius 3 is 2.51 bits per heavy atom. The van der Waals surface area contributed by atoms with Crippen LogP contribution in [0.5, 0.6) is 5.75 Å². The smallest absolute Gasteiger partial charge is 0.273 e. The van der Waals surface area contributed by atoms with Gasteiger partial charge in [0.25, 0.3) is 5.91 Å². The van der Waals surface area contributed by atoms with Gasteiger partial charge in [-0.2, -0.15) is 5.10 Å². The monoisotopic (exact) mass is 549 g/mol. The summed E-state index contributed by atoms with van der Waals surface area (Å²) in [5.74, 6) is -1.31. The summed E-state index contributed by atoms with van der Waals surface area (Å²) in [6.07, 6.45) is 1.53. The molecule has 2 amide bonds. The number of ketones is 1. The van der Waals surface area contributed by atoms with Crippen molar-refractivity contribution in [2.24, 2.45) is 4.99 Å². The number of nitrogens with one attached hydrogen (secondary N) is 2. The third-order valence-corrected chi connectivity index (χ3v) is 6.84. The number of fused-ring (bicyclic) bond motifs is 1. The highest BCUT2D eigenvalue weighted by atomic mass is 16.3. The van der Waals surface area contributed by atoms with Gasteiger partial charge >= 0.3 is 0 Å². The van der Waals surface area contributed by atoms with Crippen LogP contribution >= 0.6 is 0 Å². The number of rotatable bonds is 6. The zero-order valence-corrected chi connectivity index (χ0v) is 23.5. The molecule has 41 heavy (non-hydrogen) atoms. The van der Waals surface area contributed by atoms with E-state index in [1.165, 1.54) is 12.3 Å². The minimum absolute atomic E-state index is 0.134. The first kappa shape index (κ1) is 27.5. The lowest BCUT2D eigenvalue weighted by molar-refractivity contribution is -0.115. The zero-order chi connectivity index (χ0) is 29.5. The summed E-state index contributed by atoms with van der Waals surface area (Å²) in [5, 5.41) is 20.1. The Morgan fingerprint density at radius 2 is 1.78 bits per heavy atom. The molecule has 0 spiro atoms. The van der Waals surface area contributed by atoms with E-state index in [0.717, 1.165) is 11.3 Å². The highest BCUT2D eigenvalue weighted by molar-refractivity contribution is 6.15. The fourth-order valence-corrected chi connectivity index (χ4v) is 4.69. The van der Waals surface area contributed by atoms with Gasteiger partial charge < -0.3 is 15.7 Å². The molecule has 0 saturated heterocycles. The van der Waals surface area contributed by atoms with Crippen LogP contribution in [0.25, 0.3) is 0 Å². The molecule has 1 aromatic heterocycles. The van der Waals surface area contributed by atoms with Crippen LogP contribution in [0.1, 0.15) is 69.9 Å². The summed E-state index contributed by atoms with van der Waals surface area (Å²) in [6.45, 7) is 9.54. The topological polar surface area (TPSA) is 126 Å². The molecule has 2 heterocycles. The van der Waals surface area contributed by atoms with Gasteiger partial charge in [-0.05, 0) is 76.1 Å². The van der Waals surface area contributed by atoms with E-state index >= 15 is 0 Å². The lowest BCUT2D eigenvalue weighted by Gasteiger charge is -2.22. The summed E-state index contributed by atoms with van der Waals surface area (Å²) in [5.41, 5.74) is 4.58. The number of nitrogens with zero attached hydrogens (tertiary/aromatic N) is 3. The number of amides is 2. The average Bonchev–Trinajstić information content (AvgIpc) is 3.48. The molecule has 0 fully saturated rings. The molecular weight excluding hydrogens is 518 g/mol. The van der Waals surface area contributed by atoms with Crippen LogP contribution in [-0.2, 0) is 10.3 Å². The number of carbonyl (C=O) groups excluding carboxylic acids is 3. The number of aliphatic imine (C=N–C) groups is 1. The maximum absolute atomic E-state index is 13.4. The van der Waals surface area contributed by atoms with Crippen molar-refractivity contribution in [3.05, 3.63) is 100 Å². The van der Waals surface area contributed by atoms with Crippen molar-refractivity contribution in [2.45, 2.75) is 46.1 Å². The molecule has 1 aliphatic rings. The largest absolute Gasteiger partial charge is 0.508 e. The number of aryl methyl sites for hydroxylation is 2. The molecule has 3 N–H and O–H groups in total. The lowest BCUT2D eigenvalue weighted by atomic mass is 9.97. The number of aromatic hydroxyl groups is 1. The van der Waals surface area contributed by atoms with Crippen molar-refractivity contribution < 1.29 is 19.5 Å². The van der Waals surface area contributed by atoms with E-state index < -0.39 is 5.92 Å². The number of phenolic OH excluding ortho intramolecular Hbond substituents is 1. The highest BCUT2D eigenvalue weighted by Gasteiger charge is 2.30. The SMILES string of the molecule is Cc1cc(C(=O)Nc2cccc(C(=O)c3ccc4c(c3)NC(=O)C4C=Nc3ccc(C)c(O)c3)c2)n(C(C)(C)C)n1. The summed E-state index contributed by atoms with van der Waals surface area (Å²) in [7, 11) is 0. The molecule has 1 atom stereocenters. The van der Waals surface area contributed by atoms with Gasteiger partial charge in [0.1, 0.15) is 17.4 Å². The van der Waals surface area contributed by atoms with Crippen molar-refractivity contribution in [3.8, 4) is 5.75 Å². The fraction of sp³-hybridized carbons (Fsp3) is 0.219. The van der Waals surface area contributed by atoms with Crippen LogP contribution in [0.15, 0.2) is 71.7 Å². The van der Waals surface area contributed by atoms with E-state index in [2.05, 4.69) is 20.7 Å². The Bertz CT molecular complexity index is 1730. The zero-order valence-electron chi connectivity index (χ0n) is 23.5. The molecule has 9 heteroatoms. The minimum atomic E-state index is -0.624. The fourth-order valence-electron chi connectivity index (χ4n) is 4.69. The minimum Gasteiger partial charge on any atom is -0.508 e. The van der Waals surface area contributed by atoms with E-state index in [9.17, 15) is 19.5 Å². The standard InChI is InChI=1S/C32H31N5O4/c1-18-9-11-22(16-28(18)38)33-17-25-24-12-10-21(15-26(24)35-30(25)40)29(39)20-7-6-8-23(14-20)34-31(41)27-13-19(2)36-37(27)32(3,4)5/h6-17,25,38H,1-5H3,(H,34,41)(H,35,40). The predicted molar refractivity (Wildman–Crippen MR) is 159 cm³/mol. The van der Waals surface area contributed by atoms with Crippen molar-refractivity contribution >= 4 is 40.9 Å². The number of hydrogen-bond donors (Lipinski definition) is 3. The van der Waals surface area contributed by atoms with Crippen LogP contribution in [-0.4, -0.2) is 38.7 Å². The maximum Gasteiger partial charge on any atom is 0.273 e. The molecule has 0 bridgehead atoms. The van der Waals surface area contributed by atoms with Crippen LogP contribution in [0, 0.1) is 13.8 Å². The summed E-state index contributed by atoms with van der Waals surface area (Å²) < 4.78 is 1.69. The van der Waals surface area contributed by atoms with E-state index in [1.807, 2.05) is 27.7 Å². The summed E-state index contributed by atoms with van der Waals surface area (Å²) in [6, 6.07) is 18.6. The van der Waals surface area contributed by atoms with Gasteiger partial charge in [-0.15, -0.1) is 0 Å². The van der Waals surface area contributed by atoms with E-state index in [0.29, 0.717) is 39.4 Å². The molecule has 9 nitrogen and oxygen atoms in total. The van der Waals surface area contributed by atoms with Gasteiger partial charge in [-0.1, -0.05) is 30.3 Å². The summed E-state index contributed by atoms with van der Waals surface area (Å²) >= 11 is 0. The molecule has 1 unspecified atom stereocenters. The van der Waals surface area contributed by atoms with E-state index in [-0.39, 0.29) is 28.9 Å². The van der Waals surface area contributed by atoms with Gasteiger partial charge in [0.05, 0.1) is 16.9 Å². The second-order valence-electron chi connectivity index (χ2n) is 11.1. The molecule has 4 aromatic rings. The number of hydrogen-bond acceptors (Lipinski definition) is 6. The molecule has 0 aliphatic carbocycles. The number of aromatic nitrogens is 2. The van der Waals surface area contributed by atoms with Crippen molar-refractivity contribution in [2.75, 3.05) is 10.6 Å². The lowest BCUT2D eigenvalue weighted by Crippen LogP contribution is -2.29. The van der Waals surface area contributed by atoms with Gasteiger partial charge in [-0.25, -0.2) is 0 Å². The van der Waals surface area contributed by atoms with Gasteiger partial charge in [0.15, 0.2) is 5.78 Å². The molecule has 0 radical (unpaired) electrons.